The Hall–Kier alpha value is -1.57. The number of Topliss-reactive ketones (excluding diaryl/α,β-unsaturated/α-hetero) is 1. The molecule has 20 heavy (non-hydrogen) atoms. The van der Waals surface area contributed by atoms with Gasteiger partial charge in [-0.1, -0.05) is 0 Å². The fourth-order valence-corrected chi connectivity index (χ4v) is 1.70. The van der Waals surface area contributed by atoms with Crippen molar-refractivity contribution in [1.29, 1.82) is 0 Å². The molecule has 0 radical (unpaired) electrons. The summed E-state index contributed by atoms with van der Waals surface area (Å²) in [7, 11) is 1.88. The second kappa shape index (κ2) is 6.74. The number of likely N-dealkylation sites (N-methyl/N-ethyl adjacent to an activating group) is 1. The lowest BCUT2D eigenvalue weighted by atomic mass is 10.1. The van der Waals surface area contributed by atoms with Gasteiger partial charge in [-0.3, -0.25) is 4.79 Å². The number of alkyl halides is 3. The minimum absolute atomic E-state index is 0.0932. The lowest BCUT2D eigenvalue weighted by Crippen LogP contribution is -2.42. The van der Waals surface area contributed by atoms with Crippen LogP contribution >= 0.6 is 0 Å². The van der Waals surface area contributed by atoms with Gasteiger partial charge in [0.2, 0.25) is 0 Å². The number of nitrogens with zero attached hydrogens (tertiary/aromatic N) is 2. The number of carbonyl (C=O) groups excluding carboxylic acids is 2. The van der Waals surface area contributed by atoms with E-state index in [9.17, 15) is 22.8 Å². The van der Waals surface area contributed by atoms with Crippen molar-refractivity contribution in [3.63, 3.8) is 0 Å². The van der Waals surface area contributed by atoms with Gasteiger partial charge < -0.3 is 14.5 Å². The van der Waals surface area contributed by atoms with Gasteiger partial charge in [0.05, 0.1) is 6.61 Å². The highest BCUT2D eigenvalue weighted by Crippen LogP contribution is 2.22. The van der Waals surface area contributed by atoms with Gasteiger partial charge in [-0.05, 0) is 14.0 Å². The van der Waals surface area contributed by atoms with E-state index in [-0.39, 0.29) is 6.61 Å². The van der Waals surface area contributed by atoms with Gasteiger partial charge in [-0.15, -0.1) is 0 Å². The second-order valence-electron chi connectivity index (χ2n) is 4.43. The van der Waals surface area contributed by atoms with Crippen molar-refractivity contribution < 1.29 is 27.5 Å². The number of piperazine rings is 1. The zero-order chi connectivity index (χ0) is 15.3. The smallest absolute Gasteiger partial charge is 0.455 e. The summed E-state index contributed by atoms with van der Waals surface area (Å²) in [5.74, 6) is -3.41. The fourth-order valence-electron chi connectivity index (χ4n) is 1.70. The normalized spacial score (nSPS) is 18.1. The van der Waals surface area contributed by atoms with E-state index in [1.54, 1.807) is 0 Å². The first-order chi connectivity index (χ1) is 9.25. The maximum absolute atomic E-state index is 12.5. The van der Waals surface area contributed by atoms with E-state index in [0.29, 0.717) is 26.2 Å². The van der Waals surface area contributed by atoms with Gasteiger partial charge in [0, 0.05) is 32.4 Å². The van der Waals surface area contributed by atoms with Crippen LogP contribution in [-0.4, -0.2) is 67.6 Å². The first kappa shape index (κ1) is 16.5. The van der Waals surface area contributed by atoms with Crippen molar-refractivity contribution in [2.45, 2.75) is 13.1 Å². The molecular formula is C12H17F3N2O3. The number of halogens is 3. The Bertz CT molecular complexity index is 399. The van der Waals surface area contributed by atoms with Gasteiger partial charge in [0.1, 0.15) is 5.57 Å². The third-order valence-electron chi connectivity index (χ3n) is 2.85. The van der Waals surface area contributed by atoms with Crippen LogP contribution in [0.5, 0.6) is 0 Å². The van der Waals surface area contributed by atoms with Gasteiger partial charge in [-0.25, -0.2) is 4.79 Å². The molecule has 5 nitrogen and oxygen atoms in total. The highest BCUT2D eigenvalue weighted by molar-refractivity contribution is 6.19. The molecule has 0 aliphatic carbocycles. The highest BCUT2D eigenvalue weighted by Gasteiger charge is 2.43. The number of hydrogen-bond donors (Lipinski definition) is 0. The largest absolute Gasteiger partial charge is 0.462 e. The van der Waals surface area contributed by atoms with E-state index < -0.39 is 23.5 Å². The van der Waals surface area contributed by atoms with Crippen LogP contribution in [0.15, 0.2) is 11.8 Å². The second-order valence-corrected chi connectivity index (χ2v) is 4.43. The van der Waals surface area contributed by atoms with Crippen molar-refractivity contribution in [1.82, 2.24) is 9.80 Å². The van der Waals surface area contributed by atoms with E-state index in [0.717, 1.165) is 6.20 Å². The standard InChI is InChI=1S/C12H17F3N2O3/c1-3-20-11(19)9(10(18)12(13,14)15)8-17-6-4-16(2)5-7-17/h8H,3-7H2,1-2H3/b9-8-. The third kappa shape index (κ3) is 4.52. The van der Waals surface area contributed by atoms with Crippen LogP contribution in [0.1, 0.15) is 6.92 Å². The van der Waals surface area contributed by atoms with Crippen LogP contribution in [0, 0.1) is 0 Å². The third-order valence-corrected chi connectivity index (χ3v) is 2.85. The van der Waals surface area contributed by atoms with E-state index in [4.69, 9.17) is 0 Å². The van der Waals surface area contributed by atoms with Crippen LogP contribution in [0.2, 0.25) is 0 Å². The summed E-state index contributed by atoms with van der Waals surface area (Å²) < 4.78 is 42.0. The summed E-state index contributed by atoms with van der Waals surface area (Å²) in [5.41, 5.74) is -0.969. The molecule has 0 aromatic rings. The summed E-state index contributed by atoms with van der Waals surface area (Å²) in [6.45, 7) is 3.56. The molecule has 1 saturated heterocycles. The monoisotopic (exact) mass is 294 g/mol. The molecule has 0 atom stereocenters. The van der Waals surface area contributed by atoms with Crippen molar-refractivity contribution in [3.8, 4) is 0 Å². The average molecular weight is 294 g/mol. The summed E-state index contributed by atoms with van der Waals surface area (Å²) in [4.78, 5) is 26.3. The van der Waals surface area contributed by atoms with Gasteiger partial charge in [0.15, 0.2) is 0 Å². The van der Waals surface area contributed by atoms with Gasteiger partial charge in [-0.2, -0.15) is 13.2 Å². The molecule has 114 valence electrons. The maximum atomic E-state index is 12.5. The minimum Gasteiger partial charge on any atom is -0.462 e. The van der Waals surface area contributed by atoms with Crippen LogP contribution in [-0.2, 0) is 14.3 Å². The van der Waals surface area contributed by atoms with Crippen molar-refractivity contribution in [2.24, 2.45) is 0 Å². The molecule has 0 unspecified atom stereocenters. The summed E-state index contributed by atoms with van der Waals surface area (Å²) in [5, 5.41) is 0. The maximum Gasteiger partial charge on any atom is 0.455 e. The van der Waals surface area contributed by atoms with Crippen LogP contribution < -0.4 is 0 Å². The van der Waals surface area contributed by atoms with Gasteiger partial charge in [0.25, 0.3) is 5.78 Å². The lowest BCUT2D eigenvalue weighted by molar-refractivity contribution is -0.168. The topological polar surface area (TPSA) is 49.9 Å². The number of hydrogen-bond acceptors (Lipinski definition) is 5. The number of ketones is 1. The number of rotatable bonds is 4. The molecule has 0 spiro atoms. The quantitative estimate of drug-likeness (QED) is 0.332. The fraction of sp³-hybridized carbons (Fsp3) is 0.667. The van der Waals surface area contributed by atoms with Crippen molar-refractivity contribution in [3.05, 3.63) is 11.8 Å². The van der Waals surface area contributed by atoms with E-state index in [1.165, 1.54) is 11.8 Å². The van der Waals surface area contributed by atoms with E-state index in [2.05, 4.69) is 4.74 Å². The number of ether oxygens (including phenoxy) is 1. The SMILES string of the molecule is CCOC(=O)/C(=C\N1CCN(C)CC1)C(=O)C(F)(F)F. The van der Waals surface area contributed by atoms with E-state index >= 15 is 0 Å². The van der Waals surface area contributed by atoms with Gasteiger partial charge >= 0.3 is 12.1 Å². The molecule has 1 rings (SSSR count). The Morgan fingerprint density at radius 3 is 2.20 bits per heavy atom. The molecule has 0 N–H and O–H groups in total. The molecule has 1 fully saturated rings. The Labute approximate surface area is 115 Å². The van der Waals surface area contributed by atoms with Crippen LogP contribution in [0.4, 0.5) is 13.2 Å². The van der Waals surface area contributed by atoms with E-state index in [1.807, 2.05) is 11.9 Å². The Morgan fingerprint density at radius 2 is 1.75 bits per heavy atom. The Balaban J connectivity index is 2.92. The molecule has 1 heterocycles. The number of esters is 1. The number of carbonyl (C=O) groups is 2. The molecule has 1 aliphatic rings. The summed E-state index contributed by atoms with van der Waals surface area (Å²) in [6, 6.07) is 0. The molecule has 0 bridgehead atoms. The molecule has 8 heteroatoms. The molecular weight excluding hydrogens is 277 g/mol. The molecule has 0 amide bonds. The Morgan fingerprint density at radius 1 is 1.20 bits per heavy atom. The van der Waals surface area contributed by atoms with Crippen molar-refractivity contribution >= 4 is 11.8 Å². The summed E-state index contributed by atoms with van der Waals surface area (Å²) in [6.07, 6.45) is -4.13. The molecule has 0 aromatic carbocycles. The molecule has 1 aliphatic heterocycles. The first-order valence-electron chi connectivity index (χ1n) is 6.18. The average Bonchev–Trinajstić information content (AvgIpc) is 2.36. The van der Waals surface area contributed by atoms with Crippen molar-refractivity contribution in [2.75, 3.05) is 39.8 Å². The lowest BCUT2D eigenvalue weighted by Gasteiger charge is -2.31. The molecule has 0 saturated carbocycles. The zero-order valence-electron chi connectivity index (χ0n) is 11.4. The summed E-state index contributed by atoms with van der Waals surface area (Å²) >= 11 is 0. The van der Waals surface area contributed by atoms with Crippen LogP contribution in [0.3, 0.4) is 0 Å². The molecule has 0 aromatic heterocycles. The first-order valence-corrected chi connectivity index (χ1v) is 6.18. The Kier molecular flexibility index (Phi) is 5.55. The highest BCUT2D eigenvalue weighted by atomic mass is 19.4. The minimum atomic E-state index is -5.09. The zero-order valence-corrected chi connectivity index (χ0v) is 11.4. The predicted molar refractivity (Wildman–Crippen MR) is 64.8 cm³/mol. The van der Waals surface area contributed by atoms with Crippen LogP contribution in [0.25, 0.3) is 0 Å². The predicted octanol–water partition coefficient (Wildman–Crippen LogP) is 0.812.